The van der Waals surface area contributed by atoms with Gasteiger partial charge in [0.25, 0.3) is 0 Å². The van der Waals surface area contributed by atoms with E-state index in [1.165, 1.54) is 0 Å². The summed E-state index contributed by atoms with van der Waals surface area (Å²) >= 11 is 3.59. The lowest BCUT2D eigenvalue weighted by atomic mass is 10.0. The number of ether oxygens (including phenoxy) is 1. The average molecular weight is 395 g/mol. The molecule has 0 amide bonds. The molecular formula is C22H19BrO2. The van der Waals surface area contributed by atoms with Crippen LogP contribution < -0.4 is 4.74 Å². The maximum atomic E-state index is 12.2. The fourth-order valence-electron chi connectivity index (χ4n) is 2.58. The van der Waals surface area contributed by atoms with Crippen molar-refractivity contribution in [3.8, 4) is 5.75 Å². The highest BCUT2D eigenvalue weighted by atomic mass is 79.9. The molecular weight excluding hydrogens is 376 g/mol. The highest BCUT2D eigenvalue weighted by molar-refractivity contribution is 9.10. The van der Waals surface area contributed by atoms with Gasteiger partial charge in [-0.1, -0.05) is 82.7 Å². The van der Waals surface area contributed by atoms with Gasteiger partial charge in [-0.15, -0.1) is 0 Å². The van der Waals surface area contributed by atoms with Gasteiger partial charge in [0.1, 0.15) is 12.4 Å². The van der Waals surface area contributed by atoms with Gasteiger partial charge in [0.15, 0.2) is 5.78 Å². The standard InChI is InChI=1S/C22H19BrO2/c23-21-15-20(25-16-17-7-3-1-4-8-17)13-11-18(21)12-14-22(24)19-9-5-2-6-10-19/h1-11,13,15H,12,14,16H2. The van der Waals surface area contributed by atoms with Crippen LogP contribution in [-0.2, 0) is 13.0 Å². The van der Waals surface area contributed by atoms with Crippen LogP contribution in [0.2, 0.25) is 0 Å². The van der Waals surface area contributed by atoms with Crippen LogP contribution in [0.25, 0.3) is 0 Å². The molecule has 0 aliphatic rings. The maximum Gasteiger partial charge on any atom is 0.163 e. The summed E-state index contributed by atoms with van der Waals surface area (Å²) in [7, 11) is 0. The number of halogens is 1. The van der Waals surface area contributed by atoms with Gasteiger partial charge >= 0.3 is 0 Å². The Labute approximate surface area is 156 Å². The zero-order chi connectivity index (χ0) is 17.5. The van der Waals surface area contributed by atoms with Crippen LogP contribution in [0.3, 0.4) is 0 Å². The molecule has 2 nitrogen and oxygen atoms in total. The molecule has 126 valence electrons. The number of Topliss-reactive ketones (excluding diaryl/α,β-unsaturated/α-hetero) is 1. The van der Waals surface area contributed by atoms with E-state index in [-0.39, 0.29) is 5.78 Å². The van der Waals surface area contributed by atoms with Crippen LogP contribution >= 0.6 is 15.9 Å². The van der Waals surface area contributed by atoms with Crippen molar-refractivity contribution < 1.29 is 9.53 Å². The summed E-state index contributed by atoms with van der Waals surface area (Å²) in [5.41, 5.74) is 3.01. The normalized spacial score (nSPS) is 10.4. The fourth-order valence-corrected chi connectivity index (χ4v) is 3.13. The van der Waals surface area contributed by atoms with Gasteiger partial charge in [-0.3, -0.25) is 4.79 Å². The monoisotopic (exact) mass is 394 g/mol. The van der Waals surface area contributed by atoms with E-state index in [0.29, 0.717) is 19.4 Å². The molecule has 0 bridgehead atoms. The molecule has 0 aromatic heterocycles. The number of rotatable bonds is 7. The first-order chi connectivity index (χ1) is 12.2. The molecule has 3 aromatic rings. The molecule has 0 saturated carbocycles. The summed E-state index contributed by atoms with van der Waals surface area (Å²) < 4.78 is 6.80. The minimum atomic E-state index is 0.164. The third-order valence-corrected chi connectivity index (χ3v) is 4.73. The number of hydrogen-bond acceptors (Lipinski definition) is 2. The Kier molecular flexibility index (Phi) is 6.02. The number of benzene rings is 3. The molecule has 0 aliphatic carbocycles. The van der Waals surface area contributed by atoms with E-state index in [9.17, 15) is 4.79 Å². The van der Waals surface area contributed by atoms with E-state index in [0.717, 1.165) is 26.9 Å². The second kappa shape index (κ2) is 8.63. The fraction of sp³-hybridized carbons (Fsp3) is 0.136. The number of aryl methyl sites for hydroxylation is 1. The first kappa shape index (κ1) is 17.4. The maximum absolute atomic E-state index is 12.2. The minimum absolute atomic E-state index is 0.164. The predicted molar refractivity (Wildman–Crippen MR) is 104 cm³/mol. The van der Waals surface area contributed by atoms with Crippen molar-refractivity contribution in [1.82, 2.24) is 0 Å². The Balaban J connectivity index is 1.57. The molecule has 0 N–H and O–H groups in total. The zero-order valence-corrected chi connectivity index (χ0v) is 15.4. The molecule has 3 aromatic carbocycles. The van der Waals surface area contributed by atoms with Crippen molar-refractivity contribution in [2.24, 2.45) is 0 Å². The van der Waals surface area contributed by atoms with Gasteiger partial charge < -0.3 is 4.74 Å². The first-order valence-electron chi connectivity index (χ1n) is 8.26. The number of carbonyl (C=O) groups is 1. The van der Waals surface area contributed by atoms with Crippen molar-refractivity contribution in [3.05, 3.63) is 100 Å². The number of hydrogen-bond donors (Lipinski definition) is 0. The molecule has 0 heterocycles. The van der Waals surface area contributed by atoms with Gasteiger partial charge in [0.05, 0.1) is 0 Å². The third kappa shape index (κ3) is 5.04. The molecule has 0 spiro atoms. The number of carbonyl (C=O) groups excluding carboxylic acids is 1. The van der Waals surface area contributed by atoms with E-state index in [2.05, 4.69) is 15.9 Å². The lowest BCUT2D eigenvalue weighted by Gasteiger charge is -2.09. The highest BCUT2D eigenvalue weighted by Gasteiger charge is 2.08. The third-order valence-electron chi connectivity index (χ3n) is 3.99. The second-order valence-electron chi connectivity index (χ2n) is 5.82. The lowest BCUT2D eigenvalue weighted by Crippen LogP contribution is -2.01. The largest absolute Gasteiger partial charge is 0.489 e. The van der Waals surface area contributed by atoms with Crippen molar-refractivity contribution in [2.75, 3.05) is 0 Å². The van der Waals surface area contributed by atoms with Gasteiger partial charge in [-0.2, -0.15) is 0 Å². The topological polar surface area (TPSA) is 26.3 Å². The lowest BCUT2D eigenvalue weighted by molar-refractivity contribution is 0.0983. The van der Waals surface area contributed by atoms with Crippen molar-refractivity contribution in [2.45, 2.75) is 19.4 Å². The SMILES string of the molecule is O=C(CCc1ccc(OCc2ccccc2)cc1Br)c1ccccc1. The van der Waals surface area contributed by atoms with Crippen molar-refractivity contribution in [1.29, 1.82) is 0 Å². The Morgan fingerprint density at radius 2 is 1.56 bits per heavy atom. The van der Waals surface area contributed by atoms with Crippen LogP contribution in [0, 0.1) is 0 Å². The molecule has 25 heavy (non-hydrogen) atoms. The van der Waals surface area contributed by atoms with Crippen LogP contribution in [0.1, 0.15) is 27.9 Å². The van der Waals surface area contributed by atoms with Gasteiger partial charge in [-0.25, -0.2) is 0 Å². The minimum Gasteiger partial charge on any atom is -0.489 e. The number of ketones is 1. The van der Waals surface area contributed by atoms with E-state index in [1.54, 1.807) is 0 Å². The molecule has 0 radical (unpaired) electrons. The zero-order valence-electron chi connectivity index (χ0n) is 13.8. The van der Waals surface area contributed by atoms with E-state index in [1.807, 2.05) is 78.9 Å². The summed E-state index contributed by atoms with van der Waals surface area (Å²) in [6.07, 6.45) is 1.19. The smallest absolute Gasteiger partial charge is 0.163 e. The van der Waals surface area contributed by atoms with E-state index < -0.39 is 0 Å². The van der Waals surface area contributed by atoms with Crippen LogP contribution in [-0.4, -0.2) is 5.78 Å². The molecule has 0 unspecified atom stereocenters. The molecule has 0 fully saturated rings. The Hall–Kier alpha value is -2.39. The molecule has 3 rings (SSSR count). The van der Waals surface area contributed by atoms with Gasteiger partial charge in [-0.05, 0) is 29.7 Å². The summed E-state index contributed by atoms with van der Waals surface area (Å²) in [5.74, 6) is 0.978. The summed E-state index contributed by atoms with van der Waals surface area (Å²) in [5, 5.41) is 0. The molecule has 0 atom stereocenters. The van der Waals surface area contributed by atoms with Crippen LogP contribution in [0.15, 0.2) is 83.3 Å². The van der Waals surface area contributed by atoms with Crippen LogP contribution in [0.5, 0.6) is 5.75 Å². The highest BCUT2D eigenvalue weighted by Crippen LogP contribution is 2.25. The van der Waals surface area contributed by atoms with Crippen molar-refractivity contribution in [3.63, 3.8) is 0 Å². The predicted octanol–water partition coefficient (Wildman–Crippen LogP) is 5.84. The molecule has 0 aliphatic heterocycles. The van der Waals surface area contributed by atoms with Gasteiger partial charge in [0, 0.05) is 16.5 Å². The summed E-state index contributed by atoms with van der Waals surface area (Å²) in [6, 6.07) is 25.4. The average Bonchev–Trinajstić information content (AvgIpc) is 2.67. The van der Waals surface area contributed by atoms with Crippen LogP contribution in [0.4, 0.5) is 0 Å². The second-order valence-corrected chi connectivity index (χ2v) is 6.67. The summed E-state index contributed by atoms with van der Waals surface area (Å²) in [4.78, 5) is 12.2. The Morgan fingerprint density at radius 1 is 0.880 bits per heavy atom. The molecule has 3 heteroatoms. The van der Waals surface area contributed by atoms with Crippen molar-refractivity contribution >= 4 is 21.7 Å². The van der Waals surface area contributed by atoms with E-state index in [4.69, 9.17) is 4.74 Å². The first-order valence-corrected chi connectivity index (χ1v) is 9.05. The van der Waals surface area contributed by atoms with E-state index >= 15 is 0 Å². The molecule has 0 saturated heterocycles. The summed E-state index contributed by atoms with van der Waals surface area (Å²) in [6.45, 7) is 0.541. The van der Waals surface area contributed by atoms with Gasteiger partial charge in [0.2, 0.25) is 0 Å². The Morgan fingerprint density at radius 3 is 2.24 bits per heavy atom. The Bertz CT molecular complexity index is 829. The quantitative estimate of drug-likeness (QED) is 0.470.